The van der Waals surface area contributed by atoms with E-state index in [1.54, 1.807) is 45.4 Å². The van der Waals surface area contributed by atoms with Crippen LogP contribution in [0.1, 0.15) is 30.0 Å². The maximum absolute atomic E-state index is 9.77. The molecule has 2 rings (SSSR count). The highest BCUT2D eigenvalue weighted by Crippen LogP contribution is 2.30. The maximum Gasteiger partial charge on any atom is 0.162 e. The monoisotopic (exact) mass is 293 g/mol. The highest BCUT2D eigenvalue weighted by Gasteiger charge is 2.12. The number of methoxy groups -OCH3 is 2. The van der Waals surface area contributed by atoms with Crippen LogP contribution in [0.3, 0.4) is 0 Å². The molecule has 0 aliphatic heterocycles. The van der Waals surface area contributed by atoms with Crippen molar-refractivity contribution in [3.8, 4) is 11.5 Å². The SMILES string of the molecule is COCc1cc(COc2cc(OC)ccc2[C@H](C)O)no1. The van der Waals surface area contributed by atoms with Crippen molar-refractivity contribution in [3.63, 3.8) is 0 Å². The van der Waals surface area contributed by atoms with E-state index in [2.05, 4.69) is 5.16 Å². The molecule has 1 heterocycles. The largest absolute Gasteiger partial charge is 0.497 e. The molecular weight excluding hydrogens is 274 g/mol. The predicted molar refractivity (Wildman–Crippen MR) is 75.2 cm³/mol. The van der Waals surface area contributed by atoms with Crippen LogP contribution in [-0.2, 0) is 18.0 Å². The highest BCUT2D eigenvalue weighted by atomic mass is 16.5. The summed E-state index contributed by atoms with van der Waals surface area (Å²) in [7, 11) is 3.17. The minimum absolute atomic E-state index is 0.236. The summed E-state index contributed by atoms with van der Waals surface area (Å²) in [5.41, 5.74) is 1.35. The second kappa shape index (κ2) is 7.10. The van der Waals surface area contributed by atoms with E-state index >= 15 is 0 Å². The second-order valence-corrected chi connectivity index (χ2v) is 4.59. The van der Waals surface area contributed by atoms with Gasteiger partial charge in [-0.15, -0.1) is 0 Å². The van der Waals surface area contributed by atoms with Crippen LogP contribution in [0.2, 0.25) is 0 Å². The molecule has 0 aliphatic carbocycles. The van der Waals surface area contributed by atoms with E-state index in [9.17, 15) is 5.11 Å². The zero-order valence-corrected chi connectivity index (χ0v) is 12.3. The fourth-order valence-electron chi connectivity index (χ4n) is 1.90. The lowest BCUT2D eigenvalue weighted by molar-refractivity contribution is 0.155. The number of aliphatic hydroxyl groups is 1. The van der Waals surface area contributed by atoms with Gasteiger partial charge in [-0.05, 0) is 19.1 Å². The third-order valence-corrected chi connectivity index (χ3v) is 2.94. The van der Waals surface area contributed by atoms with Crippen molar-refractivity contribution < 1.29 is 23.8 Å². The Bertz CT molecular complexity index is 579. The van der Waals surface area contributed by atoms with Gasteiger partial charge >= 0.3 is 0 Å². The number of aliphatic hydroxyl groups excluding tert-OH is 1. The molecule has 0 amide bonds. The van der Waals surface area contributed by atoms with Crippen molar-refractivity contribution in [2.75, 3.05) is 14.2 Å². The molecule has 1 N–H and O–H groups in total. The molecule has 1 aromatic heterocycles. The lowest BCUT2D eigenvalue weighted by atomic mass is 10.1. The molecule has 21 heavy (non-hydrogen) atoms. The fourth-order valence-corrected chi connectivity index (χ4v) is 1.90. The van der Waals surface area contributed by atoms with E-state index in [1.165, 1.54) is 0 Å². The number of rotatable bonds is 7. The Morgan fingerprint density at radius 1 is 1.24 bits per heavy atom. The summed E-state index contributed by atoms with van der Waals surface area (Å²) in [6.07, 6.45) is -0.632. The molecule has 0 saturated heterocycles. The van der Waals surface area contributed by atoms with Crippen molar-refractivity contribution in [3.05, 3.63) is 41.3 Å². The quantitative estimate of drug-likeness (QED) is 0.845. The van der Waals surface area contributed by atoms with Gasteiger partial charge in [0.15, 0.2) is 5.76 Å². The first-order chi connectivity index (χ1) is 10.1. The first kappa shape index (κ1) is 15.3. The zero-order valence-electron chi connectivity index (χ0n) is 12.3. The molecule has 0 spiro atoms. The Morgan fingerprint density at radius 3 is 2.71 bits per heavy atom. The average Bonchev–Trinajstić information content (AvgIpc) is 2.92. The smallest absolute Gasteiger partial charge is 0.162 e. The molecule has 6 heteroatoms. The molecule has 1 atom stereocenters. The van der Waals surface area contributed by atoms with Gasteiger partial charge in [0.1, 0.15) is 30.4 Å². The second-order valence-electron chi connectivity index (χ2n) is 4.59. The fraction of sp³-hybridized carbons (Fsp3) is 0.400. The molecule has 0 bridgehead atoms. The molecule has 2 aromatic rings. The molecule has 0 radical (unpaired) electrons. The zero-order chi connectivity index (χ0) is 15.2. The van der Waals surface area contributed by atoms with Gasteiger partial charge in [0, 0.05) is 24.8 Å². The topological polar surface area (TPSA) is 74.0 Å². The summed E-state index contributed by atoms with van der Waals surface area (Å²) in [6, 6.07) is 7.06. The van der Waals surface area contributed by atoms with E-state index < -0.39 is 6.10 Å². The summed E-state index contributed by atoms with van der Waals surface area (Å²) in [4.78, 5) is 0. The first-order valence-electron chi connectivity index (χ1n) is 6.56. The van der Waals surface area contributed by atoms with E-state index in [1.807, 2.05) is 0 Å². The summed E-state index contributed by atoms with van der Waals surface area (Å²) in [5.74, 6) is 1.85. The highest BCUT2D eigenvalue weighted by molar-refractivity contribution is 5.41. The van der Waals surface area contributed by atoms with E-state index in [4.69, 9.17) is 18.7 Å². The maximum atomic E-state index is 9.77. The molecule has 0 saturated carbocycles. The van der Waals surface area contributed by atoms with Crippen LogP contribution in [0.15, 0.2) is 28.8 Å². The normalized spacial score (nSPS) is 12.2. The number of benzene rings is 1. The van der Waals surface area contributed by atoms with E-state index in [0.29, 0.717) is 35.1 Å². The van der Waals surface area contributed by atoms with Crippen LogP contribution < -0.4 is 9.47 Å². The number of hydrogen-bond acceptors (Lipinski definition) is 6. The molecule has 114 valence electrons. The third-order valence-electron chi connectivity index (χ3n) is 2.94. The van der Waals surface area contributed by atoms with Crippen molar-refractivity contribution in [2.24, 2.45) is 0 Å². The Morgan fingerprint density at radius 2 is 2.05 bits per heavy atom. The van der Waals surface area contributed by atoms with Gasteiger partial charge in [-0.1, -0.05) is 5.16 Å². The van der Waals surface area contributed by atoms with Crippen LogP contribution in [0, 0.1) is 0 Å². The van der Waals surface area contributed by atoms with Crippen molar-refractivity contribution in [1.29, 1.82) is 0 Å². The number of hydrogen-bond donors (Lipinski definition) is 1. The average molecular weight is 293 g/mol. The summed E-state index contributed by atoms with van der Waals surface area (Å²) in [6.45, 7) is 2.28. The van der Waals surface area contributed by atoms with Gasteiger partial charge in [0.2, 0.25) is 0 Å². The Balaban J connectivity index is 2.10. The lowest BCUT2D eigenvalue weighted by Gasteiger charge is -2.13. The Hall–Kier alpha value is -2.05. The Kier molecular flexibility index (Phi) is 5.19. The van der Waals surface area contributed by atoms with Gasteiger partial charge in [0.05, 0.1) is 13.2 Å². The van der Waals surface area contributed by atoms with Gasteiger partial charge in [-0.3, -0.25) is 0 Å². The van der Waals surface area contributed by atoms with E-state index in [-0.39, 0.29) is 6.61 Å². The minimum Gasteiger partial charge on any atom is -0.497 e. The minimum atomic E-state index is -0.632. The Labute approximate surface area is 123 Å². The van der Waals surface area contributed by atoms with Crippen LogP contribution in [-0.4, -0.2) is 24.5 Å². The van der Waals surface area contributed by atoms with Crippen LogP contribution in [0.25, 0.3) is 0 Å². The first-order valence-corrected chi connectivity index (χ1v) is 6.56. The molecule has 6 nitrogen and oxygen atoms in total. The molecule has 0 fully saturated rings. The van der Waals surface area contributed by atoms with Crippen LogP contribution >= 0.6 is 0 Å². The van der Waals surface area contributed by atoms with Crippen LogP contribution in [0.4, 0.5) is 0 Å². The van der Waals surface area contributed by atoms with Gasteiger partial charge < -0.3 is 23.8 Å². The molecular formula is C15H19NO5. The van der Waals surface area contributed by atoms with Crippen LogP contribution in [0.5, 0.6) is 11.5 Å². The van der Waals surface area contributed by atoms with Crippen molar-refractivity contribution in [1.82, 2.24) is 5.16 Å². The summed E-state index contributed by atoms with van der Waals surface area (Å²) < 4.78 is 20.9. The standard InChI is InChI=1S/C15H19NO5/c1-10(17)14-5-4-12(19-3)7-15(14)20-8-11-6-13(9-18-2)21-16-11/h4-7,10,17H,8-9H2,1-3H3/t10-/m0/s1. The molecule has 0 aliphatic rings. The van der Waals surface area contributed by atoms with Gasteiger partial charge in [-0.2, -0.15) is 0 Å². The van der Waals surface area contributed by atoms with Gasteiger partial charge in [0.25, 0.3) is 0 Å². The van der Waals surface area contributed by atoms with Gasteiger partial charge in [-0.25, -0.2) is 0 Å². The third kappa shape index (κ3) is 3.96. The number of aromatic nitrogens is 1. The van der Waals surface area contributed by atoms with Crippen molar-refractivity contribution >= 4 is 0 Å². The number of nitrogens with zero attached hydrogens (tertiary/aromatic N) is 1. The predicted octanol–water partition coefficient (Wildman–Crippen LogP) is 2.46. The molecule has 0 unspecified atom stereocenters. The van der Waals surface area contributed by atoms with E-state index in [0.717, 1.165) is 0 Å². The molecule has 1 aromatic carbocycles. The number of ether oxygens (including phenoxy) is 3. The summed E-state index contributed by atoms with van der Waals surface area (Å²) in [5, 5.41) is 13.7. The summed E-state index contributed by atoms with van der Waals surface area (Å²) >= 11 is 0. The lowest BCUT2D eigenvalue weighted by Crippen LogP contribution is -2.01. The van der Waals surface area contributed by atoms with Crippen molar-refractivity contribution in [2.45, 2.75) is 26.2 Å².